The van der Waals surface area contributed by atoms with Gasteiger partial charge < -0.3 is 10.1 Å². The van der Waals surface area contributed by atoms with Gasteiger partial charge in [-0.2, -0.15) is 0 Å². The number of hydrogen-bond acceptors (Lipinski definition) is 3. The molecule has 0 radical (unpaired) electrons. The Morgan fingerprint density at radius 3 is 2.92 bits per heavy atom. The lowest BCUT2D eigenvalue weighted by atomic mass is 10.3. The fourth-order valence-corrected chi connectivity index (χ4v) is 0.987. The maximum Gasteiger partial charge on any atom is 0.332 e. The third-order valence-electron chi connectivity index (χ3n) is 1.50. The number of ether oxygens (including phenoxy) is 1. The van der Waals surface area contributed by atoms with E-state index in [2.05, 4.69) is 10.1 Å². The van der Waals surface area contributed by atoms with Crippen LogP contribution < -0.4 is 5.32 Å². The van der Waals surface area contributed by atoms with Gasteiger partial charge in [-0.15, -0.1) is 0 Å². The van der Waals surface area contributed by atoms with Crippen molar-refractivity contribution in [2.45, 2.75) is 19.8 Å². The Bertz CT molecular complexity index is 232. The summed E-state index contributed by atoms with van der Waals surface area (Å²) in [5.41, 5.74) is 0.651. The Hall–Kier alpha value is -1.32. The van der Waals surface area contributed by atoms with Crippen molar-refractivity contribution >= 4 is 11.9 Å². The Kier molecular flexibility index (Phi) is 2.85. The predicted molar refractivity (Wildman–Crippen MR) is 42.1 cm³/mol. The highest BCUT2D eigenvalue weighted by Gasteiger charge is 2.14. The normalized spacial score (nSPS) is 19.4. The zero-order valence-corrected chi connectivity index (χ0v) is 6.92. The predicted octanol–water partition coefficient (Wildman–Crippen LogP) is 0.343. The fraction of sp³-hybridized carbons (Fsp3) is 0.500. The summed E-state index contributed by atoms with van der Waals surface area (Å²) >= 11 is 0. The molecule has 0 aliphatic carbocycles. The zero-order chi connectivity index (χ0) is 8.97. The Morgan fingerprint density at radius 1 is 1.67 bits per heavy atom. The SMILES string of the molecule is CCOC(=O)/C=C1\CCC(=O)N1. The van der Waals surface area contributed by atoms with Gasteiger partial charge in [-0.25, -0.2) is 4.79 Å². The monoisotopic (exact) mass is 169 g/mol. The first-order valence-electron chi connectivity index (χ1n) is 3.89. The van der Waals surface area contributed by atoms with E-state index in [1.165, 1.54) is 6.08 Å². The van der Waals surface area contributed by atoms with Crippen molar-refractivity contribution < 1.29 is 14.3 Å². The number of amides is 1. The Labute approximate surface area is 70.6 Å². The van der Waals surface area contributed by atoms with Crippen molar-refractivity contribution in [3.63, 3.8) is 0 Å². The molecule has 0 spiro atoms. The molecule has 1 N–H and O–H groups in total. The smallest absolute Gasteiger partial charge is 0.332 e. The van der Waals surface area contributed by atoms with Crippen molar-refractivity contribution in [2.24, 2.45) is 0 Å². The van der Waals surface area contributed by atoms with Crippen molar-refractivity contribution in [2.75, 3.05) is 6.61 Å². The van der Waals surface area contributed by atoms with Crippen LogP contribution in [0.15, 0.2) is 11.8 Å². The van der Waals surface area contributed by atoms with E-state index in [0.717, 1.165) is 0 Å². The highest BCUT2D eigenvalue weighted by Crippen LogP contribution is 2.09. The molecule has 0 saturated carbocycles. The summed E-state index contributed by atoms with van der Waals surface area (Å²) < 4.78 is 4.67. The third-order valence-corrected chi connectivity index (χ3v) is 1.50. The molecular formula is C8H11NO3. The molecule has 1 aliphatic rings. The average molecular weight is 169 g/mol. The van der Waals surface area contributed by atoms with Crippen molar-refractivity contribution in [3.05, 3.63) is 11.8 Å². The molecule has 0 aromatic heterocycles. The van der Waals surface area contributed by atoms with Crippen LogP contribution in [0.2, 0.25) is 0 Å². The second kappa shape index (κ2) is 3.90. The number of allylic oxidation sites excluding steroid dienone is 1. The maximum atomic E-state index is 10.9. The number of hydrogen-bond donors (Lipinski definition) is 1. The number of esters is 1. The first kappa shape index (κ1) is 8.77. The maximum absolute atomic E-state index is 10.9. The first-order valence-corrected chi connectivity index (χ1v) is 3.89. The number of rotatable bonds is 2. The van der Waals surface area contributed by atoms with E-state index in [9.17, 15) is 9.59 Å². The lowest BCUT2D eigenvalue weighted by molar-refractivity contribution is -0.137. The molecule has 1 rings (SSSR count). The van der Waals surface area contributed by atoms with E-state index in [4.69, 9.17) is 0 Å². The summed E-state index contributed by atoms with van der Waals surface area (Å²) in [6, 6.07) is 0. The number of carbonyl (C=O) groups is 2. The highest BCUT2D eigenvalue weighted by molar-refractivity contribution is 5.87. The van der Waals surface area contributed by atoms with Gasteiger partial charge in [-0.3, -0.25) is 4.79 Å². The molecule has 0 bridgehead atoms. The third kappa shape index (κ3) is 2.38. The van der Waals surface area contributed by atoms with Crippen molar-refractivity contribution in [3.8, 4) is 0 Å². The Morgan fingerprint density at radius 2 is 2.42 bits per heavy atom. The topological polar surface area (TPSA) is 55.4 Å². The van der Waals surface area contributed by atoms with E-state index < -0.39 is 5.97 Å². The fourth-order valence-electron chi connectivity index (χ4n) is 0.987. The molecule has 0 aromatic rings. The van der Waals surface area contributed by atoms with Gasteiger partial charge in [0.15, 0.2) is 0 Å². The van der Waals surface area contributed by atoms with Crippen LogP contribution in [-0.2, 0) is 14.3 Å². The summed E-state index contributed by atoms with van der Waals surface area (Å²) in [5.74, 6) is -0.430. The highest BCUT2D eigenvalue weighted by atomic mass is 16.5. The van der Waals surface area contributed by atoms with Crippen LogP contribution in [0.4, 0.5) is 0 Å². The molecule has 1 amide bonds. The van der Waals surface area contributed by atoms with Gasteiger partial charge in [0.2, 0.25) is 5.91 Å². The summed E-state index contributed by atoms with van der Waals surface area (Å²) in [6.45, 7) is 2.10. The van der Waals surface area contributed by atoms with Crippen LogP contribution in [-0.4, -0.2) is 18.5 Å². The van der Waals surface area contributed by atoms with E-state index >= 15 is 0 Å². The van der Waals surface area contributed by atoms with Crippen LogP contribution in [0.1, 0.15) is 19.8 Å². The van der Waals surface area contributed by atoms with E-state index in [-0.39, 0.29) is 5.91 Å². The van der Waals surface area contributed by atoms with E-state index in [1.807, 2.05) is 0 Å². The largest absolute Gasteiger partial charge is 0.463 e. The van der Waals surface area contributed by atoms with Crippen LogP contribution >= 0.6 is 0 Å². The molecule has 0 atom stereocenters. The second-order valence-corrected chi connectivity index (χ2v) is 2.47. The molecule has 66 valence electrons. The van der Waals surface area contributed by atoms with Crippen molar-refractivity contribution in [1.82, 2.24) is 5.32 Å². The van der Waals surface area contributed by atoms with Crippen molar-refractivity contribution in [1.29, 1.82) is 0 Å². The molecule has 4 nitrogen and oxygen atoms in total. The van der Waals surface area contributed by atoms with Gasteiger partial charge in [0, 0.05) is 18.2 Å². The van der Waals surface area contributed by atoms with E-state index in [0.29, 0.717) is 25.1 Å². The van der Waals surface area contributed by atoms with Crippen LogP contribution in [0.3, 0.4) is 0 Å². The second-order valence-electron chi connectivity index (χ2n) is 2.47. The molecule has 1 saturated heterocycles. The molecule has 1 fully saturated rings. The van der Waals surface area contributed by atoms with Crippen LogP contribution in [0, 0.1) is 0 Å². The van der Waals surface area contributed by atoms with Gasteiger partial charge >= 0.3 is 5.97 Å². The van der Waals surface area contributed by atoms with Crippen LogP contribution in [0.25, 0.3) is 0 Å². The summed E-state index contributed by atoms with van der Waals surface area (Å²) in [7, 11) is 0. The molecule has 0 aromatic carbocycles. The molecular weight excluding hydrogens is 158 g/mol. The minimum absolute atomic E-state index is 0.0365. The van der Waals surface area contributed by atoms with Crippen LogP contribution in [0.5, 0.6) is 0 Å². The molecule has 4 heteroatoms. The molecule has 1 aliphatic heterocycles. The first-order chi connectivity index (χ1) is 5.72. The standard InChI is InChI=1S/C8H11NO3/c1-2-12-8(11)5-6-3-4-7(10)9-6/h5H,2-4H2,1H3,(H,9,10)/b6-5+. The van der Waals surface area contributed by atoms with Gasteiger partial charge in [0.25, 0.3) is 0 Å². The summed E-state index contributed by atoms with van der Waals surface area (Å²) in [5, 5.41) is 2.56. The minimum atomic E-state index is -0.394. The van der Waals surface area contributed by atoms with Gasteiger partial charge in [-0.1, -0.05) is 0 Å². The van der Waals surface area contributed by atoms with Gasteiger partial charge in [0.05, 0.1) is 6.61 Å². The van der Waals surface area contributed by atoms with E-state index in [1.54, 1.807) is 6.92 Å². The minimum Gasteiger partial charge on any atom is -0.463 e. The lowest BCUT2D eigenvalue weighted by Gasteiger charge is -1.97. The Balaban J connectivity index is 2.46. The molecule has 12 heavy (non-hydrogen) atoms. The molecule has 0 unspecified atom stereocenters. The quantitative estimate of drug-likeness (QED) is 0.479. The van der Waals surface area contributed by atoms with Gasteiger partial charge in [0.1, 0.15) is 0 Å². The number of carbonyl (C=O) groups excluding carboxylic acids is 2. The molecule has 1 heterocycles. The van der Waals surface area contributed by atoms with Gasteiger partial charge in [-0.05, 0) is 13.3 Å². The summed E-state index contributed by atoms with van der Waals surface area (Å²) in [6.07, 6.45) is 2.40. The lowest BCUT2D eigenvalue weighted by Crippen LogP contribution is -2.13. The summed E-state index contributed by atoms with van der Waals surface area (Å²) in [4.78, 5) is 21.5. The average Bonchev–Trinajstić information content (AvgIpc) is 2.36. The zero-order valence-electron chi connectivity index (χ0n) is 6.92. The number of nitrogens with one attached hydrogen (secondary N) is 1.